The molecule has 1 aliphatic heterocycles. The molecular formula is C25H23N3O3. The van der Waals surface area contributed by atoms with Gasteiger partial charge in [0.2, 0.25) is 0 Å². The maximum Gasteiger partial charge on any atom is 0.278 e. The highest BCUT2D eigenvalue weighted by Crippen LogP contribution is 2.35. The van der Waals surface area contributed by atoms with Crippen LogP contribution in [-0.2, 0) is 16.1 Å². The highest BCUT2D eigenvalue weighted by Gasteiger charge is 2.40. The number of aryl methyl sites for hydroxylation is 2. The molecule has 1 aliphatic rings. The van der Waals surface area contributed by atoms with Gasteiger partial charge in [0.25, 0.3) is 11.8 Å². The van der Waals surface area contributed by atoms with Crippen LogP contribution < -0.4 is 10.1 Å². The number of carbonyl (C=O) groups is 2. The van der Waals surface area contributed by atoms with Gasteiger partial charge < -0.3 is 10.1 Å². The molecular weight excluding hydrogens is 390 g/mol. The van der Waals surface area contributed by atoms with Crippen molar-refractivity contribution in [2.75, 3.05) is 12.4 Å². The number of anilines is 1. The molecule has 0 aliphatic carbocycles. The topological polar surface area (TPSA) is 71.5 Å². The van der Waals surface area contributed by atoms with Crippen LogP contribution in [0.25, 0.3) is 5.57 Å². The summed E-state index contributed by atoms with van der Waals surface area (Å²) in [7, 11) is 1.57. The molecule has 156 valence electrons. The number of amides is 2. The number of para-hydroxylation sites is 2. The lowest BCUT2D eigenvalue weighted by Crippen LogP contribution is -2.32. The Morgan fingerprint density at radius 3 is 2.42 bits per heavy atom. The Bertz CT molecular complexity index is 1190. The molecule has 0 atom stereocenters. The van der Waals surface area contributed by atoms with Crippen molar-refractivity contribution < 1.29 is 14.3 Å². The third-order valence-electron chi connectivity index (χ3n) is 5.28. The third kappa shape index (κ3) is 3.92. The number of imide groups is 1. The maximum atomic E-state index is 13.5. The lowest BCUT2D eigenvalue weighted by atomic mass is 9.97. The summed E-state index contributed by atoms with van der Waals surface area (Å²) in [4.78, 5) is 32.2. The Labute approximate surface area is 181 Å². The van der Waals surface area contributed by atoms with E-state index >= 15 is 0 Å². The van der Waals surface area contributed by atoms with Crippen LogP contribution in [0.4, 0.5) is 5.69 Å². The van der Waals surface area contributed by atoms with Gasteiger partial charge in [-0.3, -0.25) is 19.5 Å². The molecule has 2 amide bonds. The summed E-state index contributed by atoms with van der Waals surface area (Å²) in [5.74, 6) is -0.114. The number of rotatable bonds is 6. The molecule has 0 saturated carbocycles. The number of pyridine rings is 1. The quantitative estimate of drug-likeness (QED) is 0.616. The molecule has 2 aromatic carbocycles. The molecule has 0 unspecified atom stereocenters. The molecule has 3 aromatic rings. The van der Waals surface area contributed by atoms with Crippen molar-refractivity contribution in [3.8, 4) is 5.75 Å². The number of ether oxygens (including phenoxy) is 1. The van der Waals surface area contributed by atoms with E-state index in [0.717, 1.165) is 22.3 Å². The molecule has 0 radical (unpaired) electrons. The minimum Gasteiger partial charge on any atom is -0.495 e. The number of aromatic nitrogens is 1. The number of nitrogens with one attached hydrogen (secondary N) is 1. The Hall–Kier alpha value is -3.93. The minimum absolute atomic E-state index is 0.172. The Balaban J connectivity index is 1.80. The zero-order valence-corrected chi connectivity index (χ0v) is 17.7. The second-order valence-electron chi connectivity index (χ2n) is 7.45. The Morgan fingerprint density at radius 1 is 0.968 bits per heavy atom. The fraction of sp³-hybridized carbons (Fsp3) is 0.160. The second-order valence-corrected chi connectivity index (χ2v) is 7.45. The van der Waals surface area contributed by atoms with E-state index in [1.54, 1.807) is 37.7 Å². The third-order valence-corrected chi connectivity index (χ3v) is 5.28. The molecule has 6 nitrogen and oxygen atoms in total. The first kappa shape index (κ1) is 20.3. The van der Waals surface area contributed by atoms with Gasteiger partial charge in [0.15, 0.2) is 0 Å². The van der Waals surface area contributed by atoms with Gasteiger partial charge in [-0.05, 0) is 54.8 Å². The molecule has 0 saturated heterocycles. The van der Waals surface area contributed by atoms with Crippen LogP contribution in [0.15, 0.2) is 72.7 Å². The molecule has 1 aromatic heterocycles. The average molecular weight is 413 g/mol. The molecule has 31 heavy (non-hydrogen) atoms. The first-order chi connectivity index (χ1) is 15.0. The highest BCUT2D eigenvalue weighted by atomic mass is 16.5. The van der Waals surface area contributed by atoms with Crippen molar-refractivity contribution in [2.45, 2.75) is 20.4 Å². The van der Waals surface area contributed by atoms with Crippen molar-refractivity contribution in [3.05, 3.63) is 94.9 Å². The van der Waals surface area contributed by atoms with E-state index in [-0.39, 0.29) is 24.1 Å². The fourth-order valence-corrected chi connectivity index (χ4v) is 3.73. The normalized spacial score (nSPS) is 13.7. The van der Waals surface area contributed by atoms with Crippen LogP contribution >= 0.6 is 0 Å². The molecule has 0 fully saturated rings. The molecule has 4 rings (SSSR count). The zero-order chi connectivity index (χ0) is 22.0. The summed E-state index contributed by atoms with van der Waals surface area (Å²) in [6.07, 6.45) is 3.29. The summed E-state index contributed by atoms with van der Waals surface area (Å²) in [6.45, 7) is 4.11. The number of methoxy groups -OCH3 is 1. The number of hydrogen-bond acceptors (Lipinski definition) is 5. The first-order valence-corrected chi connectivity index (χ1v) is 9.96. The Kier molecular flexibility index (Phi) is 5.54. The summed E-state index contributed by atoms with van der Waals surface area (Å²) in [5.41, 5.74) is 4.81. The number of nitrogens with zero attached hydrogens (tertiary/aromatic N) is 2. The van der Waals surface area contributed by atoms with E-state index in [9.17, 15) is 9.59 Å². The van der Waals surface area contributed by atoms with Crippen LogP contribution in [0.1, 0.15) is 22.3 Å². The number of hydrogen-bond donors (Lipinski definition) is 1. The first-order valence-electron chi connectivity index (χ1n) is 9.96. The van der Waals surface area contributed by atoms with Crippen molar-refractivity contribution in [2.24, 2.45) is 0 Å². The van der Waals surface area contributed by atoms with Gasteiger partial charge in [0, 0.05) is 12.4 Å². The average Bonchev–Trinajstić information content (AvgIpc) is 2.99. The van der Waals surface area contributed by atoms with Crippen molar-refractivity contribution in [1.82, 2.24) is 9.88 Å². The molecule has 6 heteroatoms. The molecule has 0 bridgehead atoms. The van der Waals surface area contributed by atoms with Gasteiger partial charge in [0.1, 0.15) is 11.4 Å². The van der Waals surface area contributed by atoms with Gasteiger partial charge in [-0.25, -0.2) is 0 Å². The van der Waals surface area contributed by atoms with E-state index in [0.29, 0.717) is 17.0 Å². The lowest BCUT2D eigenvalue weighted by Gasteiger charge is -2.16. The van der Waals surface area contributed by atoms with E-state index in [1.807, 2.05) is 50.2 Å². The Morgan fingerprint density at radius 2 is 1.71 bits per heavy atom. The summed E-state index contributed by atoms with van der Waals surface area (Å²) in [6, 6.07) is 16.7. The largest absolute Gasteiger partial charge is 0.495 e. The van der Waals surface area contributed by atoms with E-state index < -0.39 is 0 Å². The second kappa shape index (κ2) is 8.44. The number of carbonyl (C=O) groups excluding carboxylic acids is 2. The van der Waals surface area contributed by atoms with Gasteiger partial charge >= 0.3 is 0 Å². The van der Waals surface area contributed by atoms with Crippen molar-refractivity contribution in [1.29, 1.82) is 0 Å². The van der Waals surface area contributed by atoms with Gasteiger partial charge in [0.05, 0.1) is 24.9 Å². The summed E-state index contributed by atoms with van der Waals surface area (Å²) in [5, 5.41) is 3.18. The zero-order valence-electron chi connectivity index (χ0n) is 17.7. The van der Waals surface area contributed by atoms with E-state index in [4.69, 9.17) is 4.74 Å². The predicted molar refractivity (Wildman–Crippen MR) is 119 cm³/mol. The molecule has 2 heterocycles. The maximum absolute atomic E-state index is 13.5. The van der Waals surface area contributed by atoms with Crippen LogP contribution in [-0.4, -0.2) is 28.8 Å². The van der Waals surface area contributed by atoms with Crippen LogP contribution in [0.5, 0.6) is 5.75 Å². The predicted octanol–water partition coefficient (Wildman–Crippen LogP) is 4.10. The van der Waals surface area contributed by atoms with Crippen LogP contribution in [0, 0.1) is 13.8 Å². The summed E-state index contributed by atoms with van der Waals surface area (Å²) >= 11 is 0. The highest BCUT2D eigenvalue weighted by molar-refractivity contribution is 6.36. The molecule has 1 N–H and O–H groups in total. The van der Waals surface area contributed by atoms with E-state index in [2.05, 4.69) is 10.3 Å². The smallest absolute Gasteiger partial charge is 0.278 e. The van der Waals surface area contributed by atoms with Gasteiger partial charge in [-0.15, -0.1) is 0 Å². The monoisotopic (exact) mass is 413 g/mol. The van der Waals surface area contributed by atoms with Crippen molar-refractivity contribution in [3.63, 3.8) is 0 Å². The molecule has 0 spiro atoms. The SMILES string of the molecule is COc1ccccc1NC1=C(c2ccc(C)cc2C)C(=O)N(Cc2ccncc2)C1=O. The van der Waals surface area contributed by atoms with Gasteiger partial charge in [-0.1, -0.05) is 35.9 Å². The lowest BCUT2D eigenvalue weighted by molar-refractivity contribution is -0.137. The van der Waals surface area contributed by atoms with Crippen molar-refractivity contribution >= 4 is 23.1 Å². The summed E-state index contributed by atoms with van der Waals surface area (Å²) < 4.78 is 5.42. The standard InChI is InChI=1S/C25H23N3O3/c1-16-8-9-19(17(2)14-16)22-23(27-20-6-4-5-7-21(20)31-3)25(30)28(24(22)29)15-18-10-12-26-13-11-18/h4-14,27H,15H2,1-3H3. The van der Waals surface area contributed by atoms with Crippen LogP contribution in [0.2, 0.25) is 0 Å². The number of benzene rings is 2. The van der Waals surface area contributed by atoms with Gasteiger partial charge in [-0.2, -0.15) is 0 Å². The minimum atomic E-state index is -0.373. The van der Waals surface area contributed by atoms with Crippen LogP contribution in [0.3, 0.4) is 0 Å². The van der Waals surface area contributed by atoms with E-state index in [1.165, 1.54) is 4.90 Å². The fourth-order valence-electron chi connectivity index (χ4n) is 3.73.